The maximum atomic E-state index is 5.70. The summed E-state index contributed by atoms with van der Waals surface area (Å²) in [7, 11) is 0. The first-order valence-electron chi connectivity index (χ1n) is 6.65. The predicted molar refractivity (Wildman–Crippen MR) is 66.7 cm³/mol. The van der Waals surface area contributed by atoms with Crippen LogP contribution in [0.4, 0.5) is 0 Å². The van der Waals surface area contributed by atoms with E-state index in [-0.39, 0.29) is 0 Å². The van der Waals surface area contributed by atoms with Gasteiger partial charge < -0.3 is 14.8 Å². The highest BCUT2D eigenvalue weighted by atomic mass is 16.5. The van der Waals surface area contributed by atoms with Gasteiger partial charge in [-0.15, -0.1) is 0 Å². The van der Waals surface area contributed by atoms with E-state index in [1.807, 2.05) is 0 Å². The first-order valence-corrected chi connectivity index (χ1v) is 6.65. The second kappa shape index (κ2) is 8.04. The molecule has 0 bridgehead atoms. The van der Waals surface area contributed by atoms with Crippen LogP contribution in [0.3, 0.4) is 0 Å². The summed E-state index contributed by atoms with van der Waals surface area (Å²) in [5, 5.41) is 3.52. The van der Waals surface area contributed by atoms with Crippen molar-refractivity contribution in [2.75, 3.05) is 26.4 Å². The van der Waals surface area contributed by atoms with Crippen molar-refractivity contribution >= 4 is 0 Å². The van der Waals surface area contributed by atoms with E-state index in [1.54, 1.807) is 0 Å². The van der Waals surface area contributed by atoms with E-state index >= 15 is 0 Å². The van der Waals surface area contributed by atoms with Gasteiger partial charge in [-0.2, -0.15) is 0 Å². The smallest absolute Gasteiger partial charge is 0.0623 e. The molecule has 3 heteroatoms. The molecule has 0 radical (unpaired) electrons. The molecule has 0 aromatic rings. The zero-order valence-corrected chi connectivity index (χ0v) is 11.0. The zero-order chi connectivity index (χ0) is 11.8. The van der Waals surface area contributed by atoms with Gasteiger partial charge in [-0.3, -0.25) is 0 Å². The highest BCUT2D eigenvalue weighted by molar-refractivity contribution is 4.73. The van der Waals surface area contributed by atoms with E-state index < -0.39 is 0 Å². The lowest BCUT2D eigenvalue weighted by atomic mass is 9.93. The number of rotatable bonds is 7. The van der Waals surface area contributed by atoms with Gasteiger partial charge in [0.2, 0.25) is 0 Å². The van der Waals surface area contributed by atoms with Gasteiger partial charge in [0.25, 0.3) is 0 Å². The molecule has 1 heterocycles. The minimum Gasteiger partial charge on any atom is -0.381 e. The second-order valence-corrected chi connectivity index (χ2v) is 4.93. The molecule has 16 heavy (non-hydrogen) atoms. The minimum atomic E-state index is 0.329. The first kappa shape index (κ1) is 13.9. The molecule has 1 rings (SSSR count). The van der Waals surface area contributed by atoms with Gasteiger partial charge >= 0.3 is 0 Å². The van der Waals surface area contributed by atoms with Crippen molar-refractivity contribution in [2.24, 2.45) is 5.92 Å². The molecule has 1 saturated heterocycles. The SMILES string of the molecule is CCNC(COC(C)C)CC1CCOCC1. The van der Waals surface area contributed by atoms with Gasteiger partial charge in [-0.25, -0.2) is 0 Å². The zero-order valence-electron chi connectivity index (χ0n) is 11.0. The maximum Gasteiger partial charge on any atom is 0.0623 e. The molecule has 0 aromatic heterocycles. The van der Waals surface area contributed by atoms with Gasteiger partial charge in [0.1, 0.15) is 0 Å². The van der Waals surface area contributed by atoms with Gasteiger partial charge in [0, 0.05) is 19.3 Å². The Bertz CT molecular complexity index is 167. The molecule has 1 aliphatic heterocycles. The molecule has 1 atom stereocenters. The molecular weight excluding hydrogens is 202 g/mol. The monoisotopic (exact) mass is 229 g/mol. The Labute approximate surface area is 99.9 Å². The molecule has 0 aliphatic carbocycles. The van der Waals surface area contributed by atoms with Crippen LogP contribution in [0.15, 0.2) is 0 Å². The summed E-state index contributed by atoms with van der Waals surface area (Å²) in [6.45, 7) is 10.1. The Morgan fingerprint density at radius 3 is 2.56 bits per heavy atom. The number of ether oxygens (including phenoxy) is 2. The molecule has 0 aromatic carbocycles. The average molecular weight is 229 g/mol. The van der Waals surface area contributed by atoms with Crippen LogP contribution < -0.4 is 5.32 Å². The van der Waals surface area contributed by atoms with Gasteiger partial charge in [0.05, 0.1) is 12.7 Å². The van der Waals surface area contributed by atoms with Crippen LogP contribution in [0, 0.1) is 5.92 Å². The molecule has 1 fully saturated rings. The summed E-state index contributed by atoms with van der Waals surface area (Å²) < 4.78 is 11.1. The average Bonchev–Trinajstić information content (AvgIpc) is 2.27. The topological polar surface area (TPSA) is 30.5 Å². The predicted octanol–water partition coefficient (Wildman–Crippen LogP) is 2.21. The van der Waals surface area contributed by atoms with Gasteiger partial charge in [-0.05, 0) is 45.6 Å². The van der Waals surface area contributed by atoms with Crippen molar-refractivity contribution in [2.45, 2.75) is 52.2 Å². The lowest BCUT2D eigenvalue weighted by Gasteiger charge is -2.27. The number of hydrogen-bond donors (Lipinski definition) is 1. The maximum absolute atomic E-state index is 5.70. The van der Waals surface area contributed by atoms with Crippen molar-refractivity contribution in [1.82, 2.24) is 5.32 Å². The van der Waals surface area contributed by atoms with E-state index in [9.17, 15) is 0 Å². The Morgan fingerprint density at radius 1 is 1.31 bits per heavy atom. The standard InChI is InChI=1S/C13H27NO2/c1-4-14-13(10-16-11(2)3)9-12-5-7-15-8-6-12/h11-14H,4-10H2,1-3H3. The van der Waals surface area contributed by atoms with Crippen LogP contribution in [0.25, 0.3) is 0 Å². The Kier molecular flexibility index (Phi) is 7.01. The molecule has 0 spiro atoms. The fraction of sp³-hybridized carbons (Fsp3) is 1.00. The summed E-state index contributed by atoms with van der Waals surface area (Å²) in [6, 6.07) is 0.510. The molecule has 0 saturated carbocycles. The van der Waals surface area contributed by atoms with Crippen LogP contribution in [0.2, 0.25) is 0 Å². The van der Waals surface area contributed by atoms with E-state index in [2.05, 4.69) is 26.1 Å². The molecule has 1 unspecified atom stereocenters. The van der Waals surface area contributed by atoms with Crippen molar-refractivity contribution in [1.29, 1.82) is 0 Å². The third-order valence-corrected chi connectivity index (χ3v) is 3.08. The Morgan fingerprint density at radius 2 is 2.00 bits per heavy atom. The quantitative estimate of drug-likeness (QED) is 0.726. The fourth-order valence-electron chi connectivity index (χ4n) is 2.19. The van der Waals surface area contributed by atoms with Crippen LogP contribution >= 0.6 is 0 Å². The molecule has 3 nitrogen and oxygen atoms in total. The van der Waals surface area contributed by atoms with Crippen LogP contribution in [0.1, 0.15) is 40.0 Å². The molecule has 96 valence electrons. The number of nitrogens with one attached hydrogen (secondary N) is 1. The number of likely N-dealkylation sites (N-methyl/N-ethyl adjacent to an activating group) is 1. The van der Waals surface area contributed by atoms with Crippen molar-refractivity contribution < 1.29 is 9.47 Å². The Hall–Kier alpha value is -0.120. The Balaban J connectivity index is 2.25. The summed E-state index contributed by atoms with van der Waals surface area (Å²) in [4.78, 5) is 0. The fourth-order valence-corrected chi connectivity index (χ4v) is 2.19. The third-order valence-electron chi connectivity index (χ3n) is 3.08. The third kappa shape index (κ3) is 5.83. The van der Waals surface area contributed by atoms with E-state index in [4.69, 9.17) is 9.47 Å². The lowest BCUT2D eigenvalue weighted by Crippen LogP contribution is -2.37. The van der Waals surface area contributed by atoms with Crippen LogP contribution in [0.5, 0.6) is 0 Å². The lowest BCUT2D eigenvalue weighted by molar-refractivity contribution is 0.0363. The number of hydrogen-bond acceptors (Lipinski definition) is 3. The summed E-state index contributed by atoms with van der Waals surface area (Å²) >= 11 is 0. The van der Waals surface area contributed by atoms with Crippen LogP contribution in [-0.4, -0.2) is 38.5 Å². The van der Waals surface area contributed by atoms with Crippen LogP contribution in [-0.2, 0) is 9.47 Å². The van der Waals surface area contributed by atoms with E-state index in [1.165, 1.54) is 19.3 Å². The van der Waals surface area contributed by atoms with Crippen molar-refractivity contribution in [3.05, 3.63) is 0 Å². The highest BCUT2D eigenvalue weighted by Crippen LogP contribution is 2.20. The molecular formula is C13H27NO2. The first-order chi connectivity index (χ1) is 7.72. The largest absolute Gasteiger partial charge is 0.381 e. The van der Waals surface area contributed by atoms with Crippen molar-refractivity contribution in [3.63, 3.8) is 0 Å². The second-order valence-electron chi connectivity index (χ2n) is 4.93. The van der Waals surface area contributed by atoms with Gasteiger partial charge in [-0.1, -0.05) is 6.92 Å². The van der Waals surface area contributed by atoms with E-state index in [0.29, 0.717) is 12.1 Å². The molecule has 0 amide bonds. The van der Waals surface area contributed by atoms with Gasteiger partial charge in [0.15, 0.2) is 0 Å². The molecule has 1 aliphatic rings. The summed E-state index contributed by atoms with van der Waals surface area (Å²) in [5.74, 6) is 0.813. The summed E-state index contributed by atoms with van der Waals surface area (Å²) in [6.07, 6.45) is 3.98. The van der Waals surface area contributed by atoms with Crippen molar-refractivity contribution in [3.8, 4) is 0 Å². The highest BCUT2D eigenvalue weighted by Gasteiger charge is 2.19. The summed E-state index contributed by atoms with van der Waals surface area (Å²) in [5.41, 5.74) is 0. The minimum absolute atomic E-state index is 0.329. The van der Waals surface area contributed by atoms with E-state index in [0.717, 1.165) is 32.3 Å². The molecule has 1 N–H and O–H groups in total. The normalized spacial score (nSPS) is 20.2.